The molecule has 15 heavy (non-hydrogen) atoms. The van der Waals surface area contributed by atoms with Gasteiger partial charge in [0.15, 0.2) is 0 Å². The van der Waals surface area contributed by atoms with E-state index in [0.717, 1.165) is 31.1 Å². The Morgan fingerprint density at radius 1 is 1.67 bits per heavy atom. The molecule has 0 aliphatic carbocycles. The standard InChI is InChI=1S/C11H16ClNOS/c1-11(3-2-4-14-11)8-13-6-10-5-9(12)7-15-10/h5,7,13H,2-4,6,8H2,1H3. The highest BCUT2D eigenvalue weighted by Crippen LogP contribution is 2.24. The number of nitrogens with one attached hydrogen (secondary N) is 1. The molecule has 1 saturated heterocycles. The quantitative estimate of drug-likeness (QED) is 0.881. The molecule has 0 bridgehead atoms. The van der Waals surface area contributed by atoms with Crippen LogP contribution in [0.3, 0.4) is 0 Å². The van der Waals surface area contributed by atoms with E-state index in [2.05, 4.69) is 12.2 Å². The molecule has 1 unspecified atom stereocenters. The van der Waals surface area contributed by atoms with Crippen LogP contribution < -0.4 is 5.32 Å². The average Bonchev–Trinajstić information content (AvgIpc) is 2.76. The van der Waals surface area contributed by atoms with Crippen molar-refractivity contribution in [1.82, 2.24) is 5.32 Å². The molecule has 0 radical (unpaired) electrons. The lowest BCUT2D eigenvalue weighted by atomic mass is 10.0. The molecule has 0 spiro atoms. The molecule has 1 N–H and O–H groups in total. The van der Waals surface area contributed by atoms with E-state index >= 15 is 0 Å². The Bertz CT molecular complexity index is 320. The third kappa shape index (κ3) is 3.18. The summed E-state index contributed by atoms with van der Waals surface area (Å²) < 4.78 is 5.70. The van der Waals surface area contributed by atoms with Crippen LogP contribution in [0.5, 0.6) is 0 Å². The summed E-state index contributed by atoms with van der Waals surface area (Å²) in [6, 6.07) is 2.01. The van der Waals surface area contributed by atoms with Gasteiger partial charge in [-0.15, -0.1) is 11.3 Å². The van der Waals surface area contributed by atoms with E-state index in [0.29, 0.717) is 0 Å². The summed E-state index contributed by atoms with van der Waals surface area (Å²) in [6.45, 7) is 4.89. The lowest BCUT2D eigenvalue weighted by molar-refractivity contribution is 0.0207. The Hall–Kier alpha value is -0.0900. The minimum Gasteiger partial charge on any atom is -0.374 e. The van der Waals surface area contributed by atoms with Gasteiger partial charge < -0.3 is 10.1 Å². The van der Waals surface area contributed by atoms with Crippen LogP contribution in [0.25, 0.3) is 0 Å². The van der Waals surface area contributed by atoms with Crippen molar-refractivity contribution in [3.8, 4) is 0 Å². The zero-order chi connectivity index (χ0) is 10.7. The van der Waals surface area contributed by atoms with Gasteiger partial charge in [0.1, 0.15) is 0 Å². The maximum absolute atomic E-state index is 5.85. The maximum Gasteiger partial charge on any atom is 0.0779 e. The Labute approximate surface area is 99.6 Å². The summed E-state index contributed by atoms with van der Waals surface area (Å²) in [7, 11) is 0. The topological polar surface area (TPSA) is 21.3 Å². The van der Waals surface area contributed by atoms with Crippen LogP contribution >= 0.6 is 22.9 Å². The third-order valence-corrected chi connectivity index (χ3v) is 4.00. The van der Waals surface area contributed by atoms with Crippen LogP contribution in [-0.4, -0.2) is 18.8 Å². The van der Waals surface area contributed by atoms with Crippen LogP contribution in [0.4, 0.5) is 0 Å². The first-order chi connectivity index (χ1) is 7.18. The van der Waals surface area contributed by atoms with E-state index in [4.69, 9.17) is 16.3 Å². The fraction of sp³-hybridized carbons (Fsp3) is 0.636. The zero-order valence-electron chi connectivity index (χ0n) is 8.88. The molecule has 1 aliphatic rings. The molecule has 0 aromatic carbocycles. The summed E-state index contributed by atoms with van der Waals surface area (Å²) in [5.41, 5.74) is 0.0427. The summed E-state index contributed by atoms with van der Waals surface area (Å²) in [5.74, 6) is 0. The molecule has 0 amide bonds. The predicted octanol–water partition coefficient (Wildman–Crippen LogP) is 3.06. The van der Waals surface area contributed by atoms with Crippen LogP contribution in [-0.2, 0) is 11.3 Å². The summed E-state index contributed by atoms with van der Waals surface area (Å²) in [6.07, 6.45) is 2.34. The second kappa shape index (κ2) is 4.83. The molecule has 1 fully saturated rings. The lowest BCUT2D eigenvalue weighted by Gasteiger charge is -2.23. The SMILES string of the molecule is CC1(CNCc2cc(Cl)cs2)CCCO1. The molecule has 0 saturated carbocycles. The smallest absolute Gasteiger partial charge is 0.0779 e. The normalized spacial score (nSPS) is 26.0. The highest BCUT2D eigenvalue weighted by Gasteiger charge is 2.28. The molecule has 2 rings (SSSR count). The van der Waals surface area contributed by atoms with Gasteiger partial charge in [-0.2, -0.15) is 0 Å². The first kappa shape index (κ1) is 11.4. The second-order valence-electron chi connectivity index (χ2n) is 4.24. The van der Waals surface area contributed by atoms with Gasteiger partial charge in [0.2, 0.25) is 0 Å². The van der Waals surface area contributed by atoms with Crippen LogP contribution in [0.2, 0.25) is 5.02 Å². The Morgan fingerprint density at radius 2 is 2.53 bits per heavy atom. The Kier molecular flexibility index (Phi) is 3.67. The fourth-order valence-corrected chi connectivity index (χ4v) is 2.92. The van der Waals surface area contributed by atoms with E-state index in [-0.39, 0.29) is 5.60 Å². The fourth-order valence-electron chi connectivity index (χ4n) is 1.87. The maximum atomic E-state index is 5.85. The minimum atomic E-state index is 0.0427. The number of rotatable bonds is 4. The number of ether oxygens (including phenoxy) is 1. The number of thiophene rings is 1. The van der Waals surface area contributed by atoms with E-state index in [9.17, 15) is 0 Å². The van der Waals surface area contributed by atoms with Crippen molar-refractivity contribution in [2.75, 3.05) is 13.2 Å². The van der Waals surface area contributed by atoms with Crippen molar-refractivity contribution in [3.05, 3.63) is 21.3 Å². The van der Waals surface area contributed by atoms with Crippen molar-refractivity contribution >= 4 is 22.9 Å². The van der Waals surface area contributed by atoms with Gasteiger partial charge in [0.25, 0.3) is 0 Å². The molecule has 1 aromatic rings. The number of hydrogen-bond acceptors (Lipinski definition) is 3. The number of halogens is 1. The summed E-state index contributed by atoms with van der Waals surface area (Å²) in [4.78, 5) is 1.28. The lowest BCUT2D eigenvalue weighted by Crippen LogP contribution is -2.36. The van der Waals surface area contributed by atoms with Crippen molar-refractivity contribution in [2.45, 2.75) is 31.9 Å². The average molecular weight is 246 g/mol. The predicted molar refractivity (Wildman–Crippen MR) is 64.6 cm³/mol. The van der Waals surface area contributed by atoms with Gasteiger partial charge in [-0.05, 0) is 25.8 Å². The molecule has 1 atom stereocenters. The Balaban J connectivity index is 1.75. The van der Waals surface area contributed by atoms with Crippen molar-refractivity contribution in [1.29, 1.82) is 0 Å². The van der Waals surface area contributed by atoms with E-state index in [1.165, 1.54) is 11.3 Å². The van der Waals surface area contributed by atoms with Crippen LogP contribution in [0.1, 0.15) is 24.6 Å². The van der Waals surface area contributed by atoms with Gasteiger partial charge >= 0.3 is 0 Å². The third-order valence-electron chi connectivity index (χ3n) is 2.72. The molecular formula is C11H16ClNOS. The van der Waals surface area contributed by atoms with Crippen LogP contribution in [0.15, 0.2) is 11.4 Å². The first-order valence-corrected chi connectivity index (χ1v) is 6.51. The molecular weight excluding hydrogens is 230 g/mol. The summed E-state index contributed by atoms with van der Waals surface area (Å²) in [5, 5.41) is 6.22. The molecule has 84 valence electrons. The van der Waals surface area contributed by atoms with E-state index in [1.807, 2.05) is 11.4 Å². The molecule has 2 heterocycles. The molecule has 1 aliphatic heterocycles. The van der Waals surface area contributed by atoms with Crippen LogP contribution in [0, 0.1) is 0 Å². The second-order valence-corrected chi connectivity index (χ2v) is 5.67. The van der Waals surface area contributed by atoms with Gasteiger partial charge in [-0.3, -0.25) is 0 Å². The van der Waals surface area contributed by atoms with Gasteiger partial charge in [-0.1, -0.05) is 11.6 Å². The highest BCUT2D eigenvalue weighted by atomic mass is 35.5. The first-order valence-electron chi connectivity index (χ1n) is 5.26. The van der Waals surface area contributed by atoms with Gasteiger partial charge in [-0.25, -0.2) is 0 Å². The molecule has 4 heteroatoms. The van der Waals surface area contributed by atoms with Crippen molar-refractivity contribution in [2.24, 2.45) is 0 Å². The van der Waals surface area contributed by atoms with E-state index in [1.54, 1.807) is 11.3 Å². The Morgan fingerprint density at radius 3 is 3.13 bits per heavy atom. The van der Waals surface area contributed by atoms with Crippen molar-refractivity contribution in [3.63, 3.8) is 0 Å². The molecule has 2 nitrogen and oxygen atoms in total. The summed E-state index contributed by atoms with van der Waals surface area (Å²) >= 11 is 7.55. The molecule has 1 aromatic heterocycles. The van der Waals surface area contributed by atoms with Gasteiger partial charge in [0, 0.05) is 30.0 Å². The monoisotopic (exact) mass is 245 g/mol. The van der Waals surface area contributed by atoms with Crippen molar-refractivity contribution < 1.29 is 4.74 Å². The largest absolute Gasteiger partial charge is 0.374 e. The van der Waals surface area contributed by atoms with Gasteiger partial charge in [0.05, 0.1) is 10.6 Å². The minimum absolute atomic E-state index is 0.0427. The number of hydrogen-bond donors (Lipinski definition) is 1. The van der Waals surface area contributed by atoms with E-state index < -0.39 is 0 Å². The zero-order valence-corrected chi connectivity index (χ0v) is 10.5. The highest BCUT2D eigenvalue weighted by molar-refractivity contribution is 7.10.